The maximum atomic E-state index is 11.4. The SMILES string of the molecule is O=C(NCN(C(=O)O)[N+](=O)[O-])c1ccccc1. The van der Waals surface area contributed by atoms with E-state index in [-0.39, 0.29) is 5.01 Å². The van der Waals surface area contributed by atoms with E-state index in [0.717, 1.165) is 0 Å². The number of rotatable bonds is 4. The Kier molecular flexibility index (Phi) is 3.98. The summed E-state index contributed by atoms with van der Waals surface area (Å²) in [6.45, 7) is -0.712. The molecule has 1 aromatic carbocycles. The van der Waals surface area contributed by atoms with E-state index < -0.39 is 23.7 Å². The van der Waals surface area contributed by atoms with Crippen LogP contribution in [0, 0.1) is 10.1 Å². The summed E-state index contributed by atoms with van der Waals surface area (Å²) in [5, 5.41) is 19.6. The van der Waals surface area contributed by atoms with Crippen molar-refractivity contribution < 1.29 is 19.7 Å². The predicted molar refractivity (Wildman–Crippen MR) is 55.6 cm³/mol. The normalized spacial score (nSPS) is 9.41. The fraction of sp³-hybridized carbons (Fsp3) is 0.111. The Morgan fingerprint density at radius 3 is 2.41 bits per heavy atom. The molecule has 8 nitrogen and oxygen atoms in total. The van der Waals surface area contributed by atoms with Gasteiger partial charge < -0.3 is 10.4 Å². The zero-order chi connectivity index (χ0) is 12.8. The number of nitrogens with zero attached hydrogens (tertiary/aromatic N) is 2. The summed E-state index contributed by atoms with van der Waals surface area (Å²) in [6, 6.07) is 7.96. The molecule has 0 radical (unpaired) electrons. The lowest BCUT2D eigenvalue weighted by atomic mass is 10.2. The Labute approximate surface area is 95.6 Å². The molecule has 0 saturated heterocycles. The van der Waals surface area contributed by atoms with Gasteiger partial charge in [-0.3, -0.25) is 4.79 Å². The molecule has 0 aliphatic carbocycles. The first kappa shape index (κ1) is 12.4. The highest BCUT2D eigenvalue weighted by atomic mass is 16.7. The lowest BCUT2D eigenvalue weighted by Gasteiger charge is -2.09. The molecule has 2 amide bonds. The number of amides is 2. The largest absolute Gasteiger partial charge is 0.467 e. The van der Waals surface area contributed by atoms with Crippen molar-refractivity contribution >= 4 is 12.0 Å². The number of carboxylic acid groups (broad SMARTS) is 1. The second-order valence-corrected chi connectivity index (χ2v) is 2.95. The summed E-state index contributed by atoms with van der Waals surface area (Å²) in [7, 11) is 0. The van der Waals surface area contributed by atoms with E-state index in [9.17, 15) is 19.7 Å². The van der Waals surface area contributed by atoms with Gasteiger partial charge in [0, 0.05) is 5.56 Å². The number of hydrogen-bond acceptors (Lipinski definition) is 4. The van der Waals surface area contributed by atoms with Crippen LogP contribution < -0.4 is 5.32 Å². The van der Waals surface area contributed by atoms with Gasteiger partial charge >= 0.3 is 6.09 Å². The molecule has 0 aliphatic rings. The number of hydrazine groups is 1. The van der Waals surface area contributed by atoms with Gasteiger partial charge in [-0.05, 0) is 17.1 Å². The Balaban J connectivity index is 2.59. The first-order valence-electron chi connectivity index (χ1n) is 4.50. The third kappa shape index (κ3) is 3.45. The van der Waals surface area contributed by atoms with E-state index in [4.69, 9.17) is 5.11 Å². The van der Waals surface area contributed by atoms with Crippen LogP contribution in [0.3, 0.4) is 0 Å². The van der Waals surface area contributed by atoms with E-state index in [1.807, 2.05) is 0 Å². The maximum absolute atomic E-state index is 11.4. The van der Waals surface area contributed by atoms with Gasteiger partial charge in [-0.15, -0.1) is 0 Å². The van der Waals surface area contributed by atoms with E-state index in [1.165, 1.54) is 12.1 Å². The van der Waals surface area contributed by atoms with E-state index in [0.29, 0.717) is 5.56 Å². The van der Waals surface area contributed by atoms with Gasteiger partial charge in [0.05, 0.1) is 0 Å². The van der Waals surface area contributed by atoms with Crippen LogP contribution in [-0.2, 0) is 0 Å². The number of nitrogens with one attached hydrogen (secondary N) is 1. The van der Waals surface area contributed by atoms with Crippen LogP contribution in [0.2, 0.25) is 0 Å². The molecule has 0 unspecified atom stereocenters. The summed E-state index contributed by atoms with van der Waals surface area (Å²) < 4.78 is 0. The van der Waals surface area contributed by atoms with E-state index in [2.05, 4.69) is 5.32 Å². The van der Waals surface area contributed by atoms with Gasteiger partial charge in [-0.25, -0.2) is 14.9 Å². The first-order valence-corrected chi connectivity index (χ1v) is 4.50. The summed E-state index contributed by atoms with van der Waals surface area (Å²) in [6.07, 6.45) is -1.75. The second kappa shape index (κ2) is 5.45. The molecule has 0 fully saturated rings. The molecule has 90 valence electrons. The molecular weight excluding hydrogens is 230 g/mol. The summed E-state index contributed by atoms with van der Waals surface area (Å²) in [4.78, 5) is 32.2. The Morgan fingerprint density at radius 1 is 1.35 bits per heavy atom. The number of carbonyl (C=O) groups is 2. The molecule has 0 atom stereocenters. The van der Waals surface area contributed by atoms with Gasteiger partial charge in [0.15, 0.2) is 11.7 Å². The molecule has 1 aromatic rings. The molecule has 0 aliphatic heterocycles. The van der Waals surface area contributed by atoms with Gasteiger partial charge in [0.1, 0.15) is 0 Å². The van der Waals surface area contributed by atoms with Crippen LogP contribution in [0.1, 0.15) is 10.4 Å². The lowest BCUT2D eigenvalue weighted by molar-refractivity contribution is -0.635. The molecule has 17 heavy (non-hydrogen) atoms. The van der Waals surface area contributed by atoms with Crippen LogP contribution in [0.4, 0.5) is 4.79 Å². The standard InChI is InChI=1S/C9H9N3O5/c13-8(7-4-2-1-3-5-7)10-6-11(9(14)15)12(16)17/h1-5H,6H2,(H,10,13)(H,14,15). The van der Waals surface area contributed by atoms with Crippen molar-refractivity contribution in [2.75, 3.05) is 6.67 Å². The summed E-state index contributed by atoms with van der Waals surface area (Å²) in [5.41, 5.74) is 0.293. The molecule has 0 saturated carbocycles. The van der Waals surface area contributed by atoms with E-state index >= 15 is 0 Å². The van der Waals surface area contributed by atoms with Crippen molar-refractivity contribution in [1.29, 1.82) is 0 Å². The van der Waals surface area contributed by atoms with Crippen molar-refractivity contribution in [3.63, 3.8) is 0 Å². The molecule has 8 heteroatoms. The molecule has 0 bridgehead atoms. The maximum Gasteiger partial charge on any atom is 0.467 e. The Hall–Kier alpha value is -2.64. The third-order valence-electron chi connectivity index (χ3n) is 1.84. The number of carbonyl (C=O) groups excluding carboxylic acids is 1. The summed E-state index contributed by atoms with van der Waals surface area (Å²) >= 11 is 0. The highest BCUT2D eigenvalue weighted by Gasteiger charge is 2.23. The zero-order valence-corrected chi connectivity index (χ0v) is 8.57. The quantitative estimate of drug-likeness (QED) is 0.452. The average Bonchev–Trinajstić information content (AvgIpc) is 2.29. The van der Waals surface area contributed by atoms with Gasteiger partial charge in [0.25, 0.3) is 5.91 Å². The smallest absolute Gasteiger partial charge is 0.461 e. The molecule has 0 spiro atoms. The van der Waals surface area contributed by atoms with Crippen molar-refractivity contribution in [2.24, 2.45) is 0 Å². The third-order valence-corrected chi connectivity index (χ3v) is 1.84. The number of hydrogen-bond donors (Lipinski definition) is 2. The number of benzene rings is 1. The van der Waals surface area contributed by atoms with Crippen LogP contribution in [0.25, 0.3) is 0 Å². The minimum Gasteiger partial charge on any atom is -0.461 e. The number of nitro groups is 1. The van der Waals surface area contributed by atoms with Crippen molar-refractivity contribution in [1.82, 2.24) is 10.3 Å². The van der Waals surface area contributed by atoms with Crippen molar-refractivity contribution in [2.45, 2.75) is 0 Å². The first-order chi connectivity index (χ1) is 8.02. The van der Waals surface area contributed by atoms with E-state index in [1.54, 1.807) is 18.2 Å². The summed E-state index contributed by atoms with van der Waals surface area (Å²) in [5.74, 6) is -0.585. The Morgan fingerprint density at radius 2 is 1.94 bits per heavy atom. The van der Waals surface area contributed by atoms with Crippen LogP contribution >= 0.6 is 0 Å². The lowest BCUT2D eigenvalue weighted by Crippen LogP contribution is -2.43. The molecule has 0 aromatic heterocycles. The molecule has 0 heterocycles. The topological polar surface area (TPSA) is 113 Å². The second-order valence-electron chi connectivity index (χ2n) is 2.95. The minimum atomic E-state index is -1.75. The monoisotopic (exact) mass is 239 g/mol. The predicted octanol–water partition coefficient (Wildman–Crippen LogP) is 0.546. The molecule has 1 rings (SSSR count). The zero-order valence-electron chi connectivity index (χ0n) is 8.57. The van der Waals surface area contributed by atoms with Gasteiger partial charge in [-0.2, -0.15) is 0 Å². The molecule has 2 N–H and O–H groups in total. The highest BCUT2D eigenvalue weighted by molar-refractivity contribution is 5.94. The van der Waals surface area contributed by atoms with Crippen molar-refractivity contribution in [3.05, 3.63) is 46.0 Å². The van der Waals surface area contributed by atoms with Gasteiger partial charge in [-0.1, -0.05) is 18.2 Å². The van der Waals surface area contributed by atoms with Crippen LogP contribution in [0.15, 0.2) is 30.3 Å². The van der Waals surface area contributed by atoms with Crippen LogP contribution in [0.5, 0.6) is 0 Å². The fourth-order valence-corrected chi connectivity index (χ4v) is 1.03. The minimum absolute atomic E-state index is 0.124. The fourth-order valence-electron chi connectivity index (χ4n) is 1.03. The van der Waals surface area contributed by atoms with Crippen molar-refractivity contribution in [3.8, 4) is 0 Å². The van der Waals surface area contributed by atoms with Crippen LogP contribution in [-0.4, -0.2) is 33.8 Å². The highest BCUT2D eigenvalue weighted by Crippen LogP contribution is 1.98. The Bertz CT molecular complexity index is 420. The average molecular weight is 239 g/mol. The van der Waals surface area contributed by atoms with Gasteiger partial charge in [0.2, 0.25) is 0 Å². The molecular formula is C9H9N3O5.